The van der Waals surface area contributed by atoms with E-state index in [0.717, 1.165) is 11.0 Å². The Morgan fingerprint density at radius 1 is 1.24 bits per heavy atom. The van der Waals surface area contributed by atoms with Gasteiger partial charge in [0.1, 0.15) is 11.9 Å². The maximum Gasteiger partial charge on any atom is 0.255 e. The number of rotatable bonds is 3. The first kappa shape index (κ1) is 18.9. The van der Waals surface area contributed by atoms with Gasteiger partial charge >= 0.3 is 0 Å². The molecule has 1 fully saturated rings. The minimum absolute atomic E-state index is 0.0182. The third-order valence-corrected chi connectivity index (χ3v) is 5.25. The molecule has 0 radical (unpaired) electrons. The van der Waals surface area contributed by atoms with Gasteiger partial charge in [-0.05, 0) is 39.0 Å². The summed E-state index contributed by atoms with van der Waals surface area (Å²) < 4.78 is 1.87. The number of nitriles is 1. The van der Waals surface area contributed by atoms with Crippen LogP contribution in [0.15, 0.2) is 30.6 Å². The van der Waals surface area contributed by atoms with Gasteiger partial charge < -0.3 is 9.80 Å². The minimum Gasteiger partial charge on any atom is -0.352 e. The summed E-state index contributed by atoms with van der Waals surface area (Å²) in [6, 6.07) is 7.81. The summed E-state index contributed by atoms with van der Waals surface area (Å²) in [6.45, 7) is 8.40. The highest BCUT2D eigenvalue weighted by molar-refractivity contribution is 5.98. The molecule has 0 atom stereocenters. The molecule has 4 heterocycles. The van der Waals surface area contributed by atoms with Gasteiger partial charge in [0.2, 0.25) is 0 Å². The largest absolute Gasteiger partial charge is 0.352 e. The molecule has 4 rings (SSSR count). The number of anilines is 1. The second-order valence-electron chi connectivity index (χ2n) is 7.48. The van der Waals surface area contributed by atoms with Crippen molar-refractivity contribution in [3.05, 3.63) is 47.4 Å². The summed E-state index contributed by atoms with van der Waals surface area (Å²) in [5, 5.41) is 14.6. The number of fused-ring (bicyclic) bond motifs is 1. The summed E-state index contributed by atoms with van der Waals surface area (Å²) in [6.07, 6.45) is 3.45. The lowest BCUT2D eigenvalue weighted by Crippen LogP contribution is -2.49. The van der Waals surface area contributed by atoms with Crippen molar-refractivity contribution in [2.45, 2.75) is 26.8 Å². The molecular formula is C21H23N7O. The molecule has 0 aromatic carbocycles. The Balaban J connectivity index is 1.53. The molecule has 1 aliphatic rings. The summed E-state index contributed by atoms with van der Waals surface area (Å²) in [4.78, 5) is 26.0. The second kappa shape index (κ2) is 7.51. The maximum absolute atomic E-state index is 13.1. The Kier molecular flexibility index (Phi) is 4.89. The standard InChI is InChI=1S/C21H23N7O/c1-14(2)28-20-17(13-24-28)11-18(15(3)25-20)21(29)27-9-7-26(8-10-27)19-16(12-22)5-4-6-23-19/h4-6,11,13-14H,7-10H2,1-3H3. The predicted molar refractivity (Wildman–Crippen MR) is 110 cm³/mol. The lowest BCUT2D eigenvalue weighted by molar-refractivity contribution is 0.0745. The van der Waals surface area contributed by atoms with Crippen LogP contribution in [0.1, 0.15) is 41.5 Å². The molecule has 8 heteroatoms. The van der Waals surface area contributed by atoms with E-state index >= 15 is 0 Å². The molecule has 3 aromatic heterocycles. The van der Waals surface area contributed by atoms with E-state index in [1.54, 1.807) is 24.5 Å². The normalized spacial score (nSPS) is 14.4. The van der Waals surface area contributed by atoms with Gasteiger partial charge in [-0.2, -0.15) is 10.4 Å². The van der Waals surface area contributed by atoms with E-state index in [1.807, 2.05) is 22.6 Å². The lowest BCUT2D eigenvalue weighted by atomic mass is 10.1. The van der Waals surface area contributed by atoms with Crippen LogP contribution in [0.25, 0.3) is 11.0 Å². The fourth-order valence-electron chi connectivity index (χ4n) is 3.69. The van der Waals surface area contributed by atoms with Crippen molar-refractivity contribution < 1.29 is 4.79 Å². The van der Waals surface area contributed by atoms with Crippen molar-refractivity contribution >= 4 is 22.8 Å². The van der Waals surface area contributed by atoms with Crippen LogP contribution in [0, 0.1) is 18.3 Å². The number of pyridine rings is 2. The first-order valence-electron chi connectivity index (χ1n) is 9.73. The molecule has 1 saturated heterocycles. The summed E-state index contributed by atoms with van der Waals surface area (Å²) >= 11 is 0. The molecule has 148 valence electrons. The quantitative estimate of drug-likeness (QED) is 0.684. The van der Waals surface area contributed by atoms with E-state index in [1.165, 1.54) is 0 Å². The monoisotopic (exact) mass is 389 g/mol. The van der Waals surface area contributed by atoms with Crippen molar-refractivity contribution in [1.82, 2.24) is 24.6 Å². The van der Waals surface area contributed by atoms with E-state index < -0.39 is 0 Å². The van der Waals surface area contributed by atoms with Gasteiger partial charge in [-0.25, -0.2) is 14.6 Å². The van der Waals surface area contributed by atoms with Crippen LogP contribution >= 0.6 is 0 Å². The van der Waals surface area contributed by atoms with Crippen LogP contribution in [0.3, 0.4) is 0 Å². The number of aryl methyl sites for hydroxylation is 1. The summed E-state index contributed by atoms with van der Waals surface area (Å²) in [5.74, 6) is 0.665. The third-order valence-electron chi connectivity index (χ3n) is 5.25. The number of carbonyl (C=O) groups excluding carboxylic acids is 1. The first-order chi connectivity index (χ1) is 14.0. The number of hydrogen-bond donors (Lipinski definition) is 0. The lowest BCUT2D eigenvalue weighted by Gasteiger charge is -2.35. The Morgan fingerprint density at radius 3 is 2.69 bits per heavy atom. The van der Waals surface area contributed by atoms with E-state index in [9.17, 15) is 10.1 Å². The molecule has 1 aliphatic heterocycles. The molecule has 0 N–H and O–H groups in total. The molecular weight excluding hydrogens is 366 g/mol. The fourth-order valence-corrected chi connectivity index (χ4v) is 3.69. The van der Waals surface area contributed by atoms with Crippen LogP contribution < -0.4 is 4.90 Å². The second-order valence-corrected chi connectivity index (χ2v) is 7.48. The first-order valence-corrected chi connectivity index (χ1v) is 9.73. The van der Waals surface area contributed by atoms with Gasteiger partial charge in [0, 0.05) is 43.8 Å². The minimum atomic E-state index is -0.0182. The fraction of sp³-hybridized carbons (Fsp3) is 0.381. The van der Waals surface area contributed by atoms with Crippen LogP contribution in [0.2, 0.25) is 0 Å². The van der Waals surface area contributed by atoms with Gasteiger partial charge in [-0.15, -0.1) is 0 Å². The van der Waals surface area contributed by atoms with Crippen molar-refractivity contribution in [2.24, 2.45) is 0 Å². The average molecular weight is 389 g/mol. The molecule has 0 bridgehead atoms. The van der Waals surface area contributed by atoms with Crippen LogP contribution in [0.5, 0.6) is 0 Å². The zero-order chi connectivity index (χ0) is 20.5. The summed E-state index contributed by atoms with van der Waals surface area (Å²) in [5.41, 5.74) is 2.69. The SMILES string of the molecule is Cc1nc2c(cnn2C(C)C)cc1C(=O)N1CCN(c2ncccc2C#N)CC1. The Labute approximate surface area is 169 Å². The third kappa shape index (κ3) is 3.40. The van der Waals surface area contributed by atoms with Crippen molar-refractivity contribution in [1.29, 1.82) is 5.26 Å². The zero-order valence-corrected chi connectivity index (χ0v) is 16.8. The Bertz CT molecular complexity index is 1100. The van der Waals surface area contributed by atoms with Gasteiger partial charge in [0.05, 0.1) is 23.0 Å². The maximum atomic E-state index is 13.1. The molecule has 0 aliphatic carbocycles. The number of piperazine rings is 1. The van der Waals surface area contributed by atoms with E-state index in [-0.39, 0.29) is 11.9 Å². The van der Waals surface area contributed by atoms with Crippen LogP contribution in [-0.2, 0) is 0 Å². The molecule has 29 heavy (non-hydrogen) atoms. The smallest absolute Gasteiger partial charge is 0.255 e. The van der Waals surface area contributed by atoms with Crippen LogP contribution in [-0.4, -0.2) is 56.7 Å². The number of hydrogen-bond acceptors (Lipinski definition) is 6. The van der Waals surface area contributed by atoms with Crippen molar-refractivity contribution in [3.8, 4) is 6.07 Å². The number of nitrogens with zero attached hydrogens (tertiary/aromatic N) is 7. The molecule has 8 nitrogen and oxygen atoms in total. The van der Waals surface area contributed by atoms with Gasteiger partial charge in [0.15, 0.2) is 5.65 Å². The predicted octanol–water partition coefficient (Wildman–Crippen LogP) is 2.55. The zero-order valence-electron chi connectivity index (χ0n) is 16.8. The average Bonchev–Trinajstić information content (AvgIpc) is 3.15. The highest BCUT2D eigenvalue weighted by Crippen LogP contribution is 2.22. The summed E-state index contributed by atoms with van der Waals surface area (Å²) in [7, 11) is 0. The van der Waals surface area contributed by atoms with Gasteiger partial charge in [0.25, 0.3) is 5.91 Å². The molecule has 0 saturated carbocycles. The highest BCUT2D eigenvalue weighted by Gasteiger charge is 2.26. The molecule has 3 aromatic rings. The Hall–Kier alpha value is -3.47. The van der Waals surface area contributed by atoms with Gasteiger partial charge in [-0.3, -0.25) is 4.79 Å². The van der Waals surface area contributed by atoms with E-state index in [0.29, 0.717) is 48.8 Å². The number of aromatic nitrogens is 4. The number of amides is 1. The highest BCUT2D eigenvalue weighted by atomic mass is 16.2. The van der Waals surface area contributed by atoms with Gasteiger partial charge in [-0.1, -0.05) is 0 Å². The molecule has 0 unspecified atom stereocenters. The van der Waals surface area contributed by atoms with E-state index in [2.05, 4.69) is 39.9 Å². The number of carbonyl (C=O) groups is 1. The van der Waals surface area contributed by atoms with Crippen molar-refractivity contribution in [3.63, 3.8) is 0 Å². The molecule has 1 amide bonds. The van der Waals surface area contributed by atoms with Crippen LogP contribution in [0.4, 0.5) is 5.82 Å². The van der Waals surface area contributed by atoms with Crippen molar-refractivity contribution in [2.75, 3.05) is 31.1 Å². The topological polar surface area (TPSA) is 90.9 Å². The molecule has 0 spiro atoms. The Morgan fingerprint density at radius 2 is 2.00 bits per heavy atom. The van der Waals surface area contributed by atoms with E-state index in [4.69, 9.17) is 0 Å².